The highest BCUT2D eigenvalue weighted by molar-refractivity contribution is 6.29. The molecule has 3 heterocycles. The Kier molecular flexibility index (Phi) is 5.95. The molecule has 3 saturated heterocycles. The van der Waals surface area contributed by atoms with Gasteiger partial charge < -0.3 is 14.9 Å². The van der Waals surface area contributed by atoms with Crippen LogP contribution >= 0.6 is 11.6 Å². The molecule has 138 valence electrons. The monoisotopic (exact) mass is 374 g/mol. The second-order valence-corrected chi connectivity index (χ2v) is 6.67. The van der Waals surface area contributed by atoms with E-state index in [1.165, 1.54) is 0 Å². The van der Waals surface area contributed by atoms with E-state index in [0.29, 0.717) is 5.92 Å². The van der Waals surface area contributed by atoms with Gasteiger partial charge in [0, 0.05) is 18.6 Å². The van der Waals surface area contributed by atoms with Gasteiger partial charge in [-0.05, 0) is 44.7 Å². The number of hydrogen-bond donors (Lipinski definition) is 1. The first kappa shape index (κ1) is 19.2. The molecule has 1 aliphatic carbocycles. The fraction of sp³-hybridized carbons (Fsp3) is 0.857. The van der Waals surface area contributed by atoms with Crippen molar-refractivity contribution in [1.29, 1.82) is 0 Å². The zero-order valence-corrected chi connectivity index (χ0v) is 13.6. The van der Waals surface area contributed by atoms with Gasteiger partial charge in [0.2, 0.25) is 0 Å². The summed E-state index contributed by atoms with van der Waals surface area (Å²) < 4.78 is 44.8. The second kappa shape index (κ2) is 7.43. The summed E-state index contributed by atoms with van der Waals surface area (Å²) in [7, 11) is 0. The van der Waals surface area contributed by atoms with Gasteiger partial charge in [-0.3, -0.25) is 4.79 Å². The summed E-state index contributed by atoms with van der Waals surface area (Å²) in [5, 5.41) is 7.12. The van der Waals surface area contributed by atoms with Crippen molar-refractivity contribution in [3.8, 4) is 0 Å². The lowest BCUT2D eigenvalue weighted by Crippen LogP contribution is -2.60. The number of carboxylic acid groups (broad SMARTS) is 1. The molecule has 1 saturated carbocycles. The van der Waals surface area contributed by atoms with Crippen LogP contribution in [0.25, 0.3) is 0 Å². The Morgan fingerprint density at radius 2 is 1.67 bits per heavy atom. The molecule has 0 aromatic rings. The summed E-state index contributed by atoms with van der Waals surface area (Å²) in [6, 6.07) is 0.458. The number of carboxylic acids is 1. The number of piperidine rings is 3. The van der Waals surface area contributed by atoms with E-state index in [-0.39, 0.29) is 12.1 Å². The van der Waals surface area contributed by atoms with E-state index in [4.69, 9.17) is 21.5 Å². The van der Waals surface area contributed by atoms with Crippen molar-refractivity contribution in [3.05, 3.63) is 0 Å². The van der Waals surface area contributed by atoms with Crippen LogP contribution in [0.15, 0.2) is 0 Å². The molecular formula is C14H19ClF4N2O3. The summed E-state index contributed by atoms with van der Waals surface area (Å²) in [5.41, 5.74) is -1.87. The van der Waals surface area contributed by atoms with Crippen LogP contribution in [-0.2, 0) is 9.59 Å². The van der Waals surface area contributed by atoms with Gasteiger partial charge >= 0.3 is 12.1 Å². The summed E-state index contributed by atoms with van der Waals surface area (Å²) in [6.07, 6.45) is -0.780. The fourth-order valence-corrected chi connectivity index (χ4v) is 3.44. The van der Waals surface area contributed by atoms with Crippen molar-refractivity contribution in [1.82, 2.24) is 9.80 Å². The largest absolute Gasteiger partial charge is 0.490 e. The van der Waals surface area contributed by atoms with Crippen LogP contribution in [-0.4, -0.2) is 70.3 Å². The quantitative estimate of drug-likeness (QED) is 0.608. The smallest absolute Gasteiger partial charge is 0.475 e. The predicted octanol–water partition coefficient (Wildman–Crippen LogP) is 2.24. The molecule has 2 bridgehead atoms. The van der Waals surface area contributed by atoms with Gasteiger partial charge in [0.25, 0.3) is 11.5 Å². The van der Waals surface area contributed by atoms with Crippen LogP contribution in [0.5, 0.6) is 0 Å². The number of rotatable bonds is 3. The molecule has 0 aromatic heterocycles. The van der Waals surface area contributed by atoms with Crippen LogP contribution < -0.4 is 0 Å². The summed E-state index contributed by atoms with van der Waals surface area (Å²) in [4.78, 5) is 25.0. The molecule has 10 heteroatoms. The third-order valence-electron chi connectivity index (χ3n) is 4.60. The number of alkyl halides is 5. The van der Waals surface area contributed by atoms with E-state index in [1.807, 2.05) is 0 Å². The zero-order valence-electron chi connectivity index (χ0n) is 12.8. The number of carbonyl (C=O) groups excluding carboxylic acids is 1. The molecule has 1 amide bonds. The van der Waals surface area contributed by atoms with Gasteiger partial charge in [-0.2, -0.15) is 13.2 Å². The molecule has 24 heavy (non-hydrogen) atoms. The van der Waals surface area contributed by atoms with Crippen LogP contribution in [0.3, 0.4) is 0 Å². The fourth-order valence-electron chi connectivity index (χ4n) is 3.33. The Hall–Kier alpha value is -1.09. The second-order valence-electron chi connectivity index (χ2n) is 6.29. The Morgan fingerprint density at radius 3 is 1.96 bits per heavy atom. The topological polar surface area (TPSA) is 60.9 Å². The highest BCUT2D eigenvalue weighted by Gasteiger charge is 2.46. The maximum Gasteiger partial charge on any atom is 0.490 e. The lowest BCUT2D eigenvalue weighted by molar-refractivity contribution is -0.192. The van der Waals surface area contributed by atoms with Crippen molar-refractivity contribution < 1.29 is 32.3 Å². The predicted molar refractivity (Wildman–Crippen MR) is 77.3 cm³/mol. The summed E-state index contributed by atoms with van der Waals surface area (Å²) in [6.45, 7) is 3.18. The normalized spacial score (nSPS) is 30.1. The first-order chi connectivity index (χ1) is 11.1. The average Bonchev–Trinajstić information content (AvgIpc) is 3.33. The SMILES string of the molecule is O=C(C(F)Cl)N(C1CC1)C1CN2CCC1CC2.O=C(O)C(F)(F)F. The number of nitrogens with zero attached hydrogens (tertiary/aromatic N) is 2. The van der Waals surface area contributed by atoms with Crippen molar-refractivity contribution in [3.63, 3.8) is 0 Å². The lowest BCUT2D eigenvalue weighted by Gasteiger charge is -2.49. The molecule has 0 radical (unpaired) electrons. The van der Waals surface area contributed by atoms with Crippen LogP contribution in [0.4, 0.5) is 17.6 Å². The minimum absolute atomic E-state index is 0.203. The van der Waals surface area contributed by atoms with Crippen LogP contribution in [0.1, 0.15) is 25.7 Å². The van der Waals surface area contributed by atoms with Gasteiger partial charge in [-0.1, -0.05) is 11.6 Å². The number of hydrogen-bond acceptors (Lipinski definition) is 3. The first-order valence-corrected chi connectivity index (χ1v) is 8.17. The maximum atomic E-state index is 13.1. The average molecular weight is 375 g/mol. The Balaban J connectivity index is 0.000000256. The maximum absolute atomic E-state index is 13.1. The van der Waals surface area contributed by atoms with Gasteiger partial charge in [0.1, 0.15) is 0 Å². The molecule has 2 atom stereocenters. The van der Waals surface area contributed by atoms with E-state index in [2.05, 4.69) is 4.90 Å². The van der Waals surface area contributed by atoms with Gasteiger partial charge in [-0.15, -0.1) is 0 Å². The van der Waals surface area contributed by atoms with Crippen LogP contribution in [0, 0.1) is 5.92 Å². The first-order valence-electron chi connectivity index (χ1n) is 7.74. The highest BCUT2D eigenvalue weighted by Crippen LogP contribution is 2.38. The van der Waals surface area contributed by atoms with E-state index in [9.17, 15) is 22.4 Å². The Morgan fingerprint density at radius 1 is 1.17 bits per heavy atom. The van der Waals surface area contributed by atoms with Gasteiger partial charge in [0.05, 0.1) is 0 Å². The third kappa shape index (κ3) is 4.72. The number of fused-ring (bicyclic) bond motifs is 3. The Labute approximate surface area is 141 Å². The van der Waals surface area contributed by atoms with E-state index in [0.717, 1.165) is 45.3 Å². The van der Waals surface area contributed by atoms with Crippen molar-refractivity contribution in [2.75, 3.05) is 19.6 Å². The molecule has 1 N–H and O–H groups in total. The molecule has 0 aromatic carbocycles. The number of carbonyl (C=O) groups is 2. The molecule has 2 unspecified atom stereocenters. The summed E-state index contributed by atoms with van der Waals surface area (Å²) in [5.74, 6) is -2.71. The van der Waals surface area contributed by atoms with E-state index >= 15 is 0 Å². The molecule has 3 aliphatic heterocycles. The number of halogens is 5. The molecule has 4 aliphatic rings. The van der Waals surface area contributed by atoms with Gasteiger partial charge in [-0.25, -0.2) is 9.18 Å². The van der Waals surface area contributed by atoms with E-state index < -0.39 is 23.7 Å². The minimum atomic E-state index is -5.08. The standard InChI is InChI=1S/C12H18ClFN2O.C2HF3O2/c13-11(14)12(17)16(9-1-2-9)10-7-15-5-3-8(10)4-6-15;3-2(4,5)1(6)7/h8-11H,1-7H2;(H,6,7). The third-order valence-corrected chi connectivity index (χ3v) is 4.79. The van der Waals surface area contributed by atoms with Crippen molar-refractivity contribution in [2.24, 2.45) is 5.92 Å². The van der Waals surface area contributed by atoms with Gasteiger partial charge in [0.15, 0.2) is 0 Å². The number of amides is 1. The molecule has 5 nitrogen and oxygen atoms in total. The summed E-state index contributed by atoms with van der Waals surface area (Å²) >= 11 is 5.34. The molecular weight excluding hydrogens is 356 g/mol. The molecule has 0 spiro atoms. The molecule has 4 fully saturated rings. The lowest BCUT2D eigenvalue weighted by atomic mass is 9.83. The molecule has 4 rings (SSSR count). The van der Waals surface area contributed by atoms with Crippen LogP contribution in [0.2, 0.25) is 0 Å². The minimum Gasteiger partial charge on any atom is -0.475 e. The van der Waals surface area contributed by atoms with Crippen molar-refractivity contribution >= 4 is 23.5 Å². The zero-order chi connectivity index (χ0) is 18.1. The van der Waals surface area contributed by atoms with E-state index in [1.54, 1.807) is 4.90 Å². The van der Waals surface area contributed by atoms with Crippen molar-refractivity contribution in [2.45, 2.75) is 49.6 Å². The highest BCUT2D eigenvalue weighted by atomic mass is 35.5. The Bertz CT molecular complexity index is 477. The number of aliphatic carboxylic acids is 1.